The van der Waals surface area contributed by atoms with Gasteiger partial charge < -0.3 is 15.2 Å². The van der Waals surface area contributed by atoms with Crippen LogP contribution in [0.25, 0.3) is 0 Å². The zero-order valence-corrected chi connectivity index (χ0v) is 17.9. The topological polar surface area (TPSA) is 90.6 Å². The molecule has 1 aliphatic carbocycles. The van der Waals surface area contributed by atoms with Crippen LogP contribution in [0.2, 0.25) is 5.02 Å². The third-order valence-corrected chi connectivity index (χ3v) is 6.84. The smallest absolute Gasteiger partial charge is 0.410 e. The number of carbonyl (C=O) groups excluding carboxylic acids is 1. The molecule has 1 aromatic heterocycles. The minimum atomic E-state index is -0.335. The summed E-state index contributed by atoms with van der Waals surface area (Å²) in [5.74, 6) is 1.20. The van der Waals surface area contributed by atoms with E-state index in [-0.39, 0.29) is 35.7 Å². The molecule has 6 atom stereocenters. The zero-order chi connectivity index (χ0) is 20.5. The van der Waals surface area contributed by atoms with Crippen molar-refractivity contribution in [3.63, 3.8) is 0 Å². The fourth-order valence-electron chi connectivity index (χ4n) is 4.63. The van der Waals surface area contributed by atoms with Gasteiger partial charge in [0, 0.05) is 29.9 Å². The number of ether oxygens (including phenoxy) is 2. The van der Waals surface area contributed by atoms with Crippen LogP contribution in [0.4, 0.5) is 4.79 Å². The Bertz CT molecular complexity index is 689. The third-order valence-electron chi connectivity index (χ3n) is 6.65. The molecule has 7 nitrogen and oxygen atoms in total. The zero-order valence-electron chi connectivity index (χ0n) is 17.1. The van der Waals surface area contributed by atoms with Crippen molar-refractivity contribution in [2.24, 2.45) is 11.7 Å². The monoisotopic (exact) mass is 410 g/mol. The van der Waals surface area contributed by atoms with Crippen LogP contribution in [0.3, 0.4) is 0 Å². The normalized spacial score (nSPS) is 35.8. The summed E-state index contributed by atoms with van der Waals surface area (Å²) in [6, 6.07) is -0.180. The lowest BCUT2D eigenvalue weighted by Gasteiger charge is -2.42. The molecule has 28 heavy (non-hydrogen) atoms. The number of hydrogen-bond donors (Lipinski definition) is 1. The molecule has 0 spiro atoms. The first-order valence-corrected chi connectivity index (χ1v) is 10.4. The first-order chi connectivity index (χ1) is 13.3. The van der Waals surface area contributed by atoms with E-state index in [0.29, 0.717) is 17.5 Å². The van der Waals surface area contributed by atoms with Crippen LogP contribution in [0.1, 0.15) is 52.3 Å². The first-order valence-electron chi connectivity index (χ1n) is 9.97. The Kier molecular flexibility index (Phi) is 6.47. The van der Waals surface area contributed by atoms with E-state index in [1.54, 1.807) is 17.3 Å². The second kappa shape index (κ2) is 8.51. The summed E-state index contributed by atoms with van der Waals surface area (Å²) in [6.45, 7) is 6.87. The van der Waals surface area contributed by atoms with E-state index in [0.717, 1.165) is 31.5 Å². The van der Waals surface area contributed by atoms with Crippen LogP contribution in [-0.2, 0) is 14.9 Å². The van der Waals surface area contributed by atoms with E-state index in [4.69, 9.17) is 26.8 Å². The number of amides is 1. The number of likely N-dealkylation sites (tertiary alicyclic amines) is 1. The molecule has 0 aromatic carbocycles. The lowest BCUT2D eigenvalue weighted by Crippen LogP contribution is -2.48. The molecule has 2 heterocycles. The highest BCUT2D eigenvalue weighted by Crippen LogP contribution is 2.43. The van der Waals surface area contributed by atoms with Gasteiger partial charge in [-0.15, -0.1) is 0 Å². The summed E-state index contributed by atoms with van der Waals surface area (Å²) in [6.07, 6.45) is 6.66. The summed E-state index contributed by atoms with van der Waals surface area (Å²) in [7, 11) is 1.40. The summed E-state index contributed by atoms with van der Waals surface area (Å²) in [5.41, 5.74) is 6.17. The van der Waals surface area contributed by atoms with Gasteiger partial charge in [-0.25, -0.2) is 14.8 Å². The number of halogens is 1. The maximum absolute atomic E-state index is 12.1. The van der Waals surface area contributed by atoms with E-state index in [1.807, 2.05) is 6.92 Å². The molecule has 1 saturated heterocycles. The predicted molar refractivity (Wildman–Crippen MR) is 107 cm³/mol. The van der Waals surface area contributed by atoms with Crippen LogP contribution in [0.5, 0.6) is 0 Å². The predicted octanol–water partition coefficient (Wildman–Crippen LogP) is 3.15. The Morgan fingerprint density at radius 1 is 1.36 bits per heavy atom. The van der Waals surface area contributed by atoms with Crippen molar-refractivity contribution < 1.29 is 14.3 Å². The van der Waals surface area contributed by atoms with Crippen molar-refractivity contribution in [1.29, 1.82) is 0 Å². The van der Waals surface area contributed by atoms with Crippen molar-refractivity contribution in [2.45, 2.75) is 76.1 Å². The number of hydrogen-bond acceptors (Lipinski definition) is 6. The Labute approximate surface area is 171 Å². The van der Waals surface area contributed by atoms with Crippen molar-refractivity contribution >= 4 is 17.7 Å². The Hall–Kier alpha value is -1.44. The maximum atomic E-state index is 12.1. The molecule has 1 saturated carbocycles. The molecule has 1 aromatic rings. The van der Waals surface area contributed by atoms with Crippen LogP contribution in [-0.4, -0.2) is 58.9 Å². The fraction of sp³-hybridized carbons (Fsp3) is 0.750. The van der Waals surface area contributed by atoms with E-state index in [9.17, 15) is 4.79 Å². The van der Waals surface area contributed by atoms with Crippen LogP contribution in [0.15, 0.2) is 12.4 Å². The second-order valence-electron chi connectivity index (χ2n) is 8.47. The Morgan fingerprint density at radius 3 is 2.64 bits per heavy atom. The molecule has 2 fully saturated rings. The van der Waals surface area contributed by atoms with Crippen molar-refractivity contribution in [2.75, 3.05) is 13.7 Å². The van der Waals surface area contributed by atoms with Gasteiger partial charge in [0.2, 0.25) is 0 Å². The largest absolute Gasteiger partial charge is 0.453 e. The van der Waals surface area contributed by atoms with Gasteiger partial charge in [-0.3, -0.25) is 4.90 Å². The van der Waals surface area contributed by atoms with Gasteiger partial charge in [-0.05, 0) is 38.5 Å². The Morgan fingerprint density at radius 2 is 2.04 bits per heavy atom. The van der Waals surface area contributed by atoms with Gasteiger partial charge in [0.15, 0.2) is 0 Å². The maximum Gasteiger partial charge on any atom is 0.410 e. The molecule has 0 radical (unpaired) electrons. The average molecular weight is 411 g/mol. The van der Waals surface area contributed by atoms with Crippen molar-refractivity contribution in [3.8, 4) is 0 Å². The lowest BCUT2D eigenvalue weighted by molar-refractivity contribution is -0.0299. The van der Waals surface area contributed by atoms with E-state index in [1.165, 1.54) is 7.11 Å². The van der Waals surface area contributed by atoms with Crippen molar-refractivity contribution in [3.05, 3.63) is 23.2 Å². The van der Waals surface area contributed by atoms with Crippen LogP contribution >= 0.6 is 11.6 Å². The molecule has 8 heteroatoms. The SMILES string of the molecule is COC(=O)N1[C@H](C)C[C@H](N)[C@@H]1COC1CCC(C)(c2ncc(Cl)cn2)C(C)C1. The first kappa shape index (κ1) is 21.3. The van der Waals surface area contributed by atoms with Gasteiger partial charge in [0.05, 0.1) is 30.9 Å². The molecule has 2 N–H and O–H groups in total. The fourth-order valence-corrected chi connectivity index (χ4v) is 4.72. The van der Waals surface area contributed by atoms with Gasteiger partial charge in [0.1, 0.15) is 5.82 Å². The highest BCUT2D eigenvalue weighted by molar-refractivity contribution is 6.30. The number of methoxy groups -OCH3 is 1. The van der Waals surface area contributed by atoms with Gasteiger partial charge in [0.25, 0.3) is 0 Å². The van der Waals surface area contributed by atoms with Crippen LogP contribution in [0, 0.1) is 5.92 Å². The highest BCUT2D eigenvalue weighted by atomic mass is 35.5. The Balaban J connectivity index is 1.60. The number of aromatic nitrogens is 2. The lowest BCUT2D eigenvalue weighted by atomic mass is 9.67. The molecule has 3 unspecified atom stereocenters. The van der Waals surface area contributed by atoms with E-state index < -0.39 is 0 Å². The summed E-state index contributed by atoms with van der Waals surface area (Å²) < 4.78 is 11.2. The van der Waals surface area contributed by atoms with E-state index in [2.05, 4.69) is 23.8 Å². The minimum Gasteiger partial charge on any atom is -0.453 e. The van der Waals surface area contributed by atoms with Gasteiger partial charge >= 0.3 is 6.09 Å². The van der Waals surface area contributed by atoms with Crippen molar-refractivity contribution in [1.82, 2.24) is 14.9 Å². The van der Waals surface area contributed by atoms with Gasteiger partial charge in [-0.2, -0.15) is 0 Å². The summed E-state index contributed by atoms with van der Waals surface area (Å²) in [5, 5.41) is 0.550. The summed E-state index contributed by atoms with van der Waals surface area (Å²) in [4.78, 5) is 22.8. The molecule has 3 rings (SSSR count). The third kappa shape index (κ3) is 4.11. The molecular formula is C20H31ClN4O3. The quantitative estimate of drug-likeness (QED) is 0.819. The summed E-state index contributed by atoms with van der Waals surface area (Å²) >= 11 is 5.93. The second-order valence-corrected chi connectivity index (χ2v) is 8.90. The molecule has 1 aliphatic heterocycles. The number of nitrogens with two attached hydrogens (primary N) is 1. The number of rotatable bonds is 4. The van der Waals surface area contributed by atoms with Gasteiger partial charge in [-0.1, -0.05) is 25.4 Å². The van der Waals surface area contributed by atoms with E-state index >= 15 is 0 Å². The molecule has 0 bridgehead atoms. The molecule has 2 aliphatic rings. The minimum absolute atomic E-state index is 0.0617. The molecule has 1 amide bonds. The number of carbonyl (C=O) groups is 1. The van der Waals surface area contributed by atoms with Crippen LogP contribution < -0.4 is 5.73 Å². The highest BCUT2D eigenvalue weighted by Gasteiger charge is 2.44. The number of nitrogens with zero attached hydrogens (tertiary/aromatic N) is 3. The average Bonchev–Trinajstić information content (AvgIpc) is 2.95. The standard InChI is InChI=1S/C20H31ClN4O3/c1-12-7-15(5-6-20(12,3)18-23-9-14(21)10-24-18)28-11-17-16(22)8-13(2)25(17)19(26)27-4/h9-10,12-13,15-17H,5-8,11,22H2,1-4H3/t12?,13-,15?,16+,17+,20?/m1/s1. The molecular weight excluding hydrogens is 380 g/mol. The molecule has 156 valence electrons.